The minimum atomic E-state index is 0.431. The molecular weight excluding hydrogens is 238 g/mol. The summed E-state index contributed by atoms with van der Waals surface area (Å²) < 4.78 is 5.53. The number of piperidine rings is 1. The molecule has 1 saturated carbocycles. The zero-order chi connectivity index (χ0) is 13.1. The molecule has 3 atom stereocenters. The minimum absolute atomic E-state index is 0.431. The molecule has 1 aromatic rings. The highest BCUT2D eigenvalue weighted by atomic mass is 16.5. The van der Waals surface area contributed by atoms with Gasteiger partial charge in [0.05, 0.1) is 5.92 Å². The Kier molecular flexibility index (Phi) is 4.16. The lowest BCUT2D eigenvalue weighted by Gasteiger charge is -2.26. The third-order valence-corrected chi connectivity index (χ3v) is 4.83. The minimum Gasteiger partial charge on any atom is -0.339 e. The fraction of sp³-hybridized carbons (Fsp3) is 0.867. The average molecular weight is 263 g/mol. The molecule has 1 N–H and O–H groups in total. The highest BCUT2D eigenvalue weighted by Crippen LogP contribution is 2.36. The summed E-state index contributed by atoms with van der Waals surface area (Å²) >= 11 is 0. The average Bonchev–Trinajstić information content (AvgIpc) is 2.98. The van der Waals surface area contributed by atoms with Crippen molar-refractivity contribution in [2.45, 2.75) is 63.7 Å². The van der Waals surface area contributed by atoms with Crippen molar-refractivity contribution >= 4 is 0 Å². The number of aromatic nitrogens is 2. The number of rotatable bonds is 3. The SMILES string of the molecule is CCC1CCCC(c2noc(C3CCCNC3)n2)C1. The van der Waals surface area contributed by atoms with Crippen LogP contribution in [0.5, 0.6) is 0 Å². The lowest BCUT2D eigenvalue weighted by atomic mass is 9.80. The summed E-state index contributed by atoms with van der Waals surface area (Å²) in [5.41, 5.74) is 0. The van der Waals surface area contributed by atoms with Crippen molar-refractivity contribution in [3.05, 3.63) is 11.7 Å². The van der Waals surface area contributed by atoms with Crippen molar-refractivity contribution in [2.24, 2.45) is 5.92 Å². The van der Waals surface area contributed by atoms with Gasteiger partial charge in [-0.3, -0.25) is 0 Å². The summed E-state index contributed by atoms with van der Waals surface area (Å²) in [5, 5.41) is 7.68. The summed E-state index contributed by atoms with van der Waals surface area (Å²) in [4.78, 5) is 4.71. The highest BCUT2D eigenvalue weighted by molar-refractivity contribution is 5.02. The van der Waals surface area contributed by atoms with Crippen LogP contribution < -0.4 is 5.32 Å². The van der Waals surface area contributed by atoms with E-state index in [1.165, 1.54) is 44.9 Å². The van der Waals surface area contributed by atoms with Gasteiger partial charge in [0.25, 0.3) is 0 Å². The zero-order valence-electron chi connectivity index (χ0n) is 11.9. The Bertz CT molecular complexity index is 398. The van der Waals surface area contributed by atoms with Crippen LogP contribution in [0.15, 0.2) is 4.52 Å². The molecule has 0 bridgehead atoms. The van der Waals surface area contributed by atoms with Crippen LogP contribution >= 0.6 is 0 Å². The first-order valence-electron chi connectivity index (χ1n) is 7.91. The monoisotopic (exact) mass is 263 g/mol. The van der Waals surface area contributed by atoms with E-state index in [2.05, 4.69) is 17.4 Å². The Hall–Kier alpha value is -0.900. The fourth-order valence-corrected chi connectivity index (χ4v) is 3.54. The molecule has 4 heteroatoms. The molecule has 4 nitrogen and oxygen atoms in total. The van der Waals surface area contributed by atoms with Crippen molar-refractivity contribution in [2.75, 3.05) is 13.1 Å². The number of hydrogen-bond acceptors (Lipinski definition) is 4. The first kappa shape index (κ1) is 13.1. The van der Waals surface area contributed by atoms with E-state index < -0.39 is 0 Å². The Balaban J connectivity index is 1.66. The highest BCUT2D eigenvalue weighted by Gasteiger charge is 2.28. The first-order chi connectivity index (χ1) is 9.36. The molecular formula is C15H25N3O. The summed E-state index contributed by atoms with van der Waals surface area (Å²) in [6.07, 6.45) is 8.85. The Morgan fingerprint density at radius 3 is 2.89 bits per heavy atom. The molecule has 0 radical (unpaired) electrons. The van der Waals surface area contributed by atoms with E-state index in [1.54, 1.807) is 0 Å². The van der Waals surface area contributed by atoms with E-state index in [-0.39, 0.29) is 0 Å². The lowest BCUT2D eigenvalue weighted by molar-refractivity contribution is 0.292. The van der Waals surface area contributed by atoms with Gasteiger partial charge < -0.3 is 9.84 Å². The van der Waals surface area contributed by atoms with Crippen LogP contribution in [-0.4, -0.2) is 23.2 Å². The zero-order valence-corrected chi connectivity index (χ0v) is 11.9. The molecule has 1 aromatic heterocycles. The van der Waals surface area contributed by atoms with Crippen LogP contribution in [0, 0.1) is 5.92 Å². The van der Waals surface area contributed by atoms with Crippen molar-refractivity contribution in [3.8, 4) is 0 Å². The van der Waals surface area contributed by atoms with E-state index in [0.29, 0.717) is 11.8 Å². The largest absolute Gasteiger partial charge is 0.339 e. The second-order valence-electron chi connectivity index (χ2n) is 6.17. The van der Waals surface area contributed by atoms with E-state index in [0.717, 1.165) is 30.7 Å². The van der Waals surface area contributed by atoms with Crippen molar-refractivity contribution in [1.82, 2.24) is 15.5 Å². The Labute approximate surface area is 115 Å². The topological polar surface area (TPSA) is 51.0 Å². The van der Waals surface area contributed by atoms with Crippen LogP contribution in [0.4, 0.5) is 0 Å². The fourth-order valence-electron chi connectivity index (χ4n) is 3.54. The second-order valence-corrected chi connectivity index (χ2v) is 6.17. The molecule has 0 aromatic carbocycles. The van der Waals surface area contributed by atoms with E-state index in [9.17, 15) is 0 Å². The predicted octanol–water partition coefficient (Wildman–Crippen LogP) is 3.22. The predicted molar refractivity (Wildman–Crippen MR) is 74.1 cm³/mol. The van der Waals surface area contributed by atoms with Gasteiger partial charge >= 0.3 is 0 Å². The Morgan fingerprint density at radius 1 is 1.21 bits per heavy atom. The van der Waals surface area contributed by atoms with Gasteiger partial charge in [-0.1, -0.05) is 31.3 Å². The molecule has 0 spiro atoms. The van der Waals surface area contributed by atoms with Gasteiger partial charge in [0.1, 0.15) is 0 Å². The van der Waals surface area contributed by atoms with Crippen molar-refractivity contribution in [3.63, 3.8) is 0 Å². The van der Waals surface area contributed by atoms with E-state index in [4.69, 9.17) is 9.51 Å². The molecule has 3 rings (SSSR count). The van der Waals surface area contributed by atoms with Gasteiger partial charge in [-0.2, -0.15) is 4.98 Å². The second kappa shape index (κ2) is 6.04. The molecule has 1 aliphatic heterocycles. The van der Waals surface area contributed by atoms with Gasteiger partial charge in [-0.15, -0.1) is 0 Å². The summed E-state index contributed by atoms with van der Waals surface area (Å²) in [6, 6.07) is 0. The molecule has 1 aliphatic carbocycles. The molecule has 19 heavy (non-hydrogen) atoms. The number of nitrogens with one attached hydrogen (secondary N) is 1. The van der Waals surface area contributed by atoms with Crippen LogP contribution in [0.2, 0.25) is 0 Å². The molecule has 2 heterocycles. The smallest absolute Gasteiger partial charge is 0.231 e. The summed E-state index contributed by atoms with van der Waals surface area (Å²) in [5.74, 6) is 3.66. The molecule has 2 aliphatic rings. The van der Waals surface area contributed by atoms with Crippen LogP contribution in [0.3, 0.4) is 0 Å². The summed E-state index contributed by atoms with van der Waals surface area (Å²) in [6.45, 7) is 4.41. The van der Waals surface area contributed by atoms with Crippen molar-refractivity contribution < 1.29 is 4.52 Å². The Morgan fingerprint density at radius 2 is 2.11 bits per heavy atom. The third kappa shape index (κ3) is 2.99. The summed E-state index contributed by atoms with van der Waals surface area (Å²) in [7, 11) is 0. The van der Waals surface area contributed by atoms with Gasteiger partial charge in [-0.25, -0.2) is 0 Å². The van der Waals surface area contributed by atoms with Gasteiger partial charge in [0.2, 0.25) is 5.89 Å². The van der Waals surface area contributed by atoms with Crippen LogP contribution in [0.25, 0.3) is 0 Å². The van der Waals surface area contributed by atoms with E-state index >= 15 is 0 Å². The molecule has 2 fully saturated rings. The molecule has 0 amide bonds. The molecule has 106 valence electrons. The first-order valence-corrected chi connectivity index (χ1v) is 7.91. The van der Waals surface area contributed by atoms with Crippen LogP contribution in [-0.2, 0) is 0 Å². The maximum absolute atomic E-state index is 5.53. The molecule has 1 saturated heterocycles. The van der Waals surface area contributed by atoms with Crippen molar-refractivity contribution in [1.29, 1.82) is 0 Å². The standard InChI is InChI=1S/C15H25N3O/c1-2-11-5-3-6-12(9-11)14-17-15(19-18-14)13-7-4-8-16-10-13/h11-13,16H,2-10H2,1H3. The molecule has 3 unspecified atom stereocenters. The number of nitrogens with zero attached hydrogens (tertiary/aromatic N) is 2. The maximum atomic E-state index is 5.53. The number of hydrogen-bond donors (Lipinski definition) is 1. The quantitative estimate of drug-likeness (QED) is 0.909. The van der Waals surface area contributed by atoms with Gasteiger partial charge in [0.15, 0.2) is 5.82 Å². The normalized spacial score (nSPS) is 32.4. The third-order valence-electron chi connectivity index (χ3n) is 4.83. The van der Waals surface area contributed by atoms with E-state index in [1.807, 2.05) is 0 Å². The van der Waals surface area contributed by atoms with Gasteiger partial charge in [0, 0.05) is 12.5 Å². The maximum Gasteiger partial charge on any atom is 0.231 e. The van der Waals surface area contributed by atoms with Crippen LogP contribution in [0.1, 0.15) is 75.4 Å². The lowest BCUT2D eigenvalue weighted by Crippen LogP contribution is -2.28. The van der Waals surface area contributed by atoms with Gasteiger partial charge in [-0.05, 0) is 38.1 Å².